The van der Waals surface area contributed by atoms with Crippen molar-refractivity contribution in [2.24, 2.45) is 0 Å². The van der Waals surface area contributed by atoms with E-state index in [2.05, 4.69) is 13.3 Å². The Bertz CT molecular complexity index is 906. The first-order valence-corrected chi connectivity index (χ1v) is 13.9. The Morgan fingerprint density at radius 3 is 1.00 bits per heavy atom. The zero-order valence-electron chi connectivity index (χ0n) is 22.6. The highest BCUT2D eigenvalue weighted by molar-refractivity contribution is 6.64. The molecule has 0 N–H and O–H groups in total. The lowest BCUT2D eigenvalue weighted by Crippen LogP contribution is -2.78. The first-order valence-electron chi connectivity index (χ1n) is 11.4. The number of alkyl halides is 17. The highest BCUT2D eigenvalue weighted by Gasteiger charge is 2.96. The third-order valence-corrected chi connectivity index (χ3v) is 8.14. The Morgan fingerprint density at radius 2 is 0.744 bits per heavy atom. The van der Waals surface area contributed by atoms with Crippen molar-refractivity contribution in [3.05, 3.63) is 0 Å². The second-order valence-corrected chi connectivity index (χ2v) is 12.0. The third-order valence-electron chi connectivity index (χ3n) is 4.71. The number of rotatable bonds is 15. The summed E-state index contributed by atoms with van der Waals surface area (Å²) in [6, 6.07) is 0. The molecule has 0 fully saturated rings. The van der Waals surface area contributed by atoms with Crippen molar-refractivity contribution >= 4 is 18.1 Å². The van der Waals surface area contributed by atoms with Gasteiger partial charge >= 0.3 is 65.4 Å². The lowest BCUT2D eigenvalue weighted by atomic mass is 9.90. The van der Waals surface area contributed by atoms with Crippen LogP contribution in [0, 0.1) is 0 Å². The predicted molar refractivity (Wildman–Crippen MR) is 111 cm³/mol. The van der Waals surface area contributed by atoms with Gasteiger partial charge in [0.2, 0.25) is 0 Å². The molecule has 0 amide bonds. The van der Waals surface area contributed by atoms with Gasteiger partial charge < -0.3 is 13.3 Å². The smallest absolute Gasteiger partial charge is 0.367 e. The minimum atomic E-state index is -8.47. The normalized spacial score (nSPS) is 15.1. The summed E-state index contributed by atoms with van der Waals surface area (Å²) >= 11 is 0. The lowest BCUT2D eigenvalue weighted by Gasteiger charge is -2.46. The molecule has 5 nitrogen and oxygen atoms in total. The first-order chi connectivity index (χ1) is 18.6. The first kappa shape index (κ1) is 43.9. The average Bonchev–Trinajstić information content (AvgIpc) is 2.75. The van der Waals surface area contributed by atoms with Crippen molar-refractivity contribution in [3.8, 4) is 0 Å². The van der Waals surface area contributed by atoms with E-state index in [1.54, 1.807) is 0 Å². The fourth-order valence-corrected chi connectivity index (χ4v) is 5.92. The molecule has 24 heteroatoms. The van der Waals surface area contributed by atoms with Crippen LogP contribution in [-0.4, -0.2) is 83.7 Å². The van der Waals surface area contributed by atoms with Crippen molar-refractivity contribution in [1.29, 1.82) is 0 Å². The van der Waals surface area contributed by atoms with E-state index < -0.39 is 96.5 Å². The Hall–Kier alpha value is -1.28. The van der Waals surface area contributed by atoms with E-state index in [4.69, 9.17) is 8.92 Å². The summed E-state index contributed by atoms with van der Waals surface area (Å²) in [5, 5.41) is 0. The number of halogens is 17. The van der Waals surface area contributed by atoms with Gasteiger partial charge in [0.05, 0.1) is 0 Å². The number of hydrogen-bond donors (Lipinski definition) is 0. The summed E-state index contributed by atoms with van der Waals surface area (Å²) in [5.74, 6) is -47.8. The van der Waals surface area contributed by atoms with Gasteiger partial charge in [0.25, 0.3) is 0 Å². The van der Waals surface area contributed by atoms with E-state index in [0.717, 1.165) is 41.5 Å². The highest BCUT2D eigenvalue weighted by Crippen LogP contribution is 2.64. The van der Waals surface area contributed by atoms with Gasteiger partial charge in [-0.1, -0.05) is 0 Å². The summed E-state index contributed by atoms with van der Waals surface area (Å²) in [5.41, 5.74) is -6.85. The van der Waals surface area contributed by atoms with Gasteiger partial charge in [-0.25, -0.2) is 0 Å². The predicted octanol–water partition coefficient (Wildman–Crippen LogP) is 7.91. The summed E-state index contributed by atoms with van der Waals surface area (Å²) in [4.78, 5) is 0. The van der Waals surface area contributed by atoms with Gasteiger partial charge in [-0.05, 0) is 41.5 Å². The van der Waals surface area contributed by atoms with Crippen LogP contribution in [0.25, 0.3) is 0 Å². The largest absolute Gasteiger partial charge is 0.582 e. The van der Waals surface area contributed by atoms with Crippen molar-refractivity contribution in [2.75, 3.05) is 0 Å². The molecule has 0 unspecified atom stereocenters. The maximum Gasteiger partial charge on any atom is 0.582 e. The zero-order valence-corrected chi connectivity index (χ0v) is 24.6. The van der Waals surface area contributed by atoms with Gasteiger partial charge in [0.15, 0.2) is 0 Å². The average molecular weight is 713 g/mol. The fraction of sp³-hybridized carbons (Fsp3) is 1.00. The molecule has 0 aromatic carbocycles. The molecular weight excluding hydrogens is 687 g/mol. The highest BCUT2D eigenvalue weighted by atomic mass is 28.4. The molecule has 0 saturated heterocycles. The Morgan fingerprint density at radius 1 is 0.488 bits per heavy atom. The zero-order chi connectivity index (χ0) is 35.5. The molecule has 0 heterocycles. The van der Waals surface area contributed by atoms with Crippen molar-refractivity contribution in [2.45, 2.75) is 120 Å². The van der Waals surface area contributed by atoms with Gasteiger partial charge in [-0.15, -0.1) is 0 Å². The van der Waals surface area contributed by atoms with Gasteiger partial charge in [-0.2, -0.15) is 74.6 Å². The molecule has 43 heavy (non-hydrogen) atoms. The van der Waals surface area contributed by atoms with E-state index in [1.807, 2.05) is 0 Å². The minimum Gasteiger partial charge on any atom is -0.367 e. The Kier molecular flexibility index (Phi) is 14.3. The molecule has 0 aliphatic rings. The van der Waals surface area contributed by atoms with Gasteiger partial charge in [0, 0.05) is 31.2 Å². The van der Waals surface area contributed by atoms with Gasteiger partial charge in [-0.3, -0.25) is 8.92 Å². The quantitative estimate of drug-likeness (QED) is 0.128. The maximum absolute atomic E-state index is 15.2. The van der Waals surface area contributed by atoms with E-state index >= 15 is 8.78 Å². The molecule has 0 aliphatic heterocycles. The molecule has 0 bridgehead atoms. The number of hydrogen-bond acceptors (Lipinski definition) is 5. The van der Waals surface area contributed by atoms with E-state index in [-0.39, 0.29) is 0 Å². The van der Waals surface area contributed by atoms with Crippen molar-refractivity contribution < 1.29 is 96.8 Å². The summed E-state index contributed by atoms with van der Waals surface area (Å²) in [7, 11) is -8.23. The molecule has 0 aliphatic carbocycles. The molecule has 258 valence electrons. The fourth-order valence-electron chi connectivity index (χ4n) is 2.90. The van der Waals surface area contributed by atoms with Crippen LogP contribution < -0.4 is 0 Å². The molecule has 0 spiro atoms. The van der Waals surface area contributed by atoms with Crippen LogP contribution >= 0.6 is 0 Å². The second-order valence-electron chi connectivity index (χ2n) is 9.41. The Balaban J connectivity index is 0. The van der Waals surface area contributed by atoms with Crippen molar-refractivity contribution in [3.63, 3.8) is 0 Å². The summed E-state index contributed by atoms with van der Waals surface area (Å²) in [6.07, 6.45) is -17.3. The molecule has 0 radical (unpaired) electrons. The minimum absolute atomic E-state index is 0.813. The van der Waals surface area contributed by atoms with Crippen LogP contribution in [-0.2, 0) is 22.2 Å². The molecule has 0 saturated carbocycles. The lowest BCUT2D eigenvalue weighted by molar-refractivity contribution is -0.439. The van der Waals surface area contributed by atoms with Crippen LogP contribution in [0.1, 0.15) is 54.4 Å². The van der Waals surface area contributed by atoms with Gasteiger partial charge in [0.1, 0.15) is 0 Å². The summed E-state index contributed by atoms with van der Waals surface area (Å²) < 4.78 is 267. The standard InChI is InChI=1S/C19H25F17O3Si.O2Si/c1-9(2)37-40(38-10(3)4,39-11(5)6)19(35,36)18(33,34)17(31,32)16(29,30)15(27,28)14(25,26)12(20,21)7-8-13(22,23)24;1-3-2/h9-11H,7-8H2,1-6H3;. The molecular formula is C19H25F17O5Si2. The molecule has 0 aromatic heterocycles. The van der Waals surface area contributed by atoms with E-state index in [9.17, 15) is 65.9 Å². The van der Waals surface area contributed by atoms with Crippen LogP contribution in [0.5, 0.6) is 0 Å². The maximum atomic E-state index is 15.2. The molecule has 0 rings (SSSR count). The molecule has 0 aromatic rings. The van der Waals surface area contributed by atoms with Crippen molar-refractivity contribution in [1.82, 2.24) is 0 Å². The van der Waals surface area contributed by atoms with Crippen LogP contribution in [0.2, 0.25) is 0 Å². The summed E-state index contributed by atoms with van der Waals surface area (Å²) in [6.45, 7) is 4.88. The van der Waals surface area contributed by atoms with Crippen LogP contribution in [0.3, 0.4) is 0 Å². The second kappa shape index (κ2) is 14.0. The third kappa shape index (κ3) is 8.71. The Labute approximate surface area is 235 Å². The van der Waals surface area contributed by atoms with E-state index in [0.29, 0.717) is 0 Å². The topological polar surface area (TPSA) is 61.8 Å². The monoisotopic (exact) mass is 712 g/mol. The molecule has 0 atom stereocenters. The van der Waals surface area contributed by atoms with Crippen LogP contribution in [0.4, 0.5) is 74.6 Å². The SMILES string of the molecule is CC(C)O[Si](OC(C)C)(OC(C)C)C(F)(F)C(F)(F)C(F)(F)C(F)(F)C(F)(F)C(F)(F)C(F)(F)CCC(F)(F)F.O=[Si]=O. The van der Waals surface area contributed by atoms with Crippen LogP contribution in [0.15, 0.2) is 0 Å². The van der Waals surface area contributed by atoms with E-state index in [1.165, 1.54) is 0 Å².